The van der Waals surface area contributed by atoms with Gasteiger partial charge in [-0.05, 0) is 42.4 Å². The first-order valence-electron chi connectivity index (χ1n) is 12.7. The zero-order chi connectivity index (χ0) is 25.3. The number of nitrogens with one attached hydrogen (secondary N) is 1. The maximum atomic E-state index is 13.3. The molecular weight excluding hydrogens is 456 g/mol. The predicted molar refractivity (Wildman–Crippen MR) is 136 cm³/mol. The van der Waals surface area contributed by atoms with Gasteiger partial charge >= 0.3 is 5.97 Å². The molecule has 2 heterocycles. The van der Waals surface area contributed by atoms with Crippen LogP contribution in [-0.4, -0.2) is 53.6 Å². The molecule has 36 heavy (non-hydrogen) atoms. The lowest BCUT2D eigenvalue weighted by atomic mass is 9.92. The number of fused-ring (bicyclic) bond motifs is 1. The van der Waals surface area contributed by atoms with Gasteiger partial charge in [0, 0.05) is 13.0 Å². The van der Waals surface area contributed by atoms with Crippen molar-refractivity contribution in [2.45, 2.75) is 44.7 Å². The molecule has 2 amide bonds. The Kier molecular flexibility index (Phi) is 8.90. The smallest absolute Gasteiger partial charge is 0.309 e. The van der Waals surface area contributed by atoms with Gasteiger partial charge in [0.25, 0.3) is 0 Å². The summed E-state index contributed by atoms with van der Waals surface area (Å²) in [6, 6.07) is 17.5. The van der Waals surface area contributed by atoms with Crippen LogP contribution in [0.3, 0.4) is 0 Å². The molecule has 0 aliphatic carbocycles. The van der Waals surface area contributed by atoms with E-state index in [9.17, 15) is 19.5 Å². The molecule has 2 aliphatic heterocycles. The van der Waals surface area contributed by atoms with E-state index in [0.717, 1.165) is 16.7 Å². The van der Waals surface area contributed by atoms with Crippen LogP contribution >= 0.6 is 0 Å². The monoisotopic (exact) mass is 490 g/mol. The van der Waals surface area contributed by atoms with E-state index in [0.29, 0.717) is 32.2 Å². The van der Waals surface area contributed by atoms with Crippen LogP contribution in [-0.2, 0) is 38.5 Å². The Balaban J connectivity index is 1.43. The minimum absolute atomic E-state index is 0.0576. The molecule has 190 valence electrons. The summed E-state index contributed by atoms with van der Waals surface area (Å²) in [6.45, 7) is 0.607. The lowest BCUT2D eigenvalue weighted by molar-refractivity contribution is -0.148. The first kappa shape index (κ1) is 25.6. The zero-order valence-corrected chi connectivity index (χ0v) is 20.5. The van der Waals surface area contributed by atoms with Crippen molar-refractivity contribution in [2.24, 2.45) is 11.8 Å². The van der Waals surface area contributed by atoms with Crippen LogP contribution in [0.5, 0.6) is 0 Å². The number of benzene rings is 2. The quantitative estimate of drug-likeness (QED) is 0.496. The maximum Gasteiger partial charge on any atom is 0.309 e. The molecule has 0 saturated heterocycles. The highest BCUT2D eigenvalue weighted by molar-refractivity contribution is 5.86. The average molecular weight is 491 g/mol. The summed E-state index contributed by atoms with van der Waals surface area (Å²) >= 11 is 0. The molecule has 0 spiro atoms. The maximum absolute atomic E-state index is 13.3. The number of carbonyl (C=O) groups is 3. The molecule has 2 aromatic carbocycles. The predicted octanol–water partition coefficient (Wildman–Crippen LogP) is 2.81. The van der Waals surface area contributed by atoms with Gasteiger partial charge in [0.15, 0.2) is 0 Å². The van der Waals surface area contributed by atoms with E-state index < -0.39 is 5.92 Å². The van der Waals surface area contributed by atoms with E-state index in [4.69, 9.17) is 4.74 Å². The number of aliphatic hydroxyl groups excluding tert-OH is 1. The van der Waals surface area contributed by atoms with Gasteiger partial charge in [0.2, 0.25) is 11.8 Å². The summed E-state index contributed by atoms with van der Waals surface area (Å²) in [4.78, 5) is 40.5. The molecule has 7 nitrogen and oxygen atoms in total. The van der Waals surface area contributed by atoms with Gasteiger partial charge in [-0.3, -0.25) is 14.4 Å². The molecule has 0 unspecified atom stereocenters. The van der Waals surface area contributed by atoms with Crippen molar-refractivity contribution in [3.8, 4) is 0 Å². The molecule has 2 aromatic rings. The summed E-state index contributed by atoms with van der Waals surface area (Å²) in [5.41, 5.74) is 3.29. The molecule has 0 aromatic heterocycles. The largest absolute Gasteiger partial charge is 0.464 e. The number of aliphatic hydroxyl groups is 1. The fourth-order valence-electron chi connectivity index (χ4n) is 4.92. The Labute approximate surface area is 212 Å². The highest BCUT2D eigenvalue weighted by Crippen LogP contribution is 2.25. The highest BCUT2D eigenvalue weighted by Gasteiger charge is 2.32. The van der Waals surface area contributed by atoms with E-state index in [1.54, 1.807) is 4.90 Å². The molecule has 0 saturated carbocycles. The fourth-order valence-corrected chi connectivity index (χ4v) is 4.92. The first-order chi connectivity index (χ1) is 17.5. The van der Waals surface area contributed by atoms with Gasteiger partial charge < -0.3 is 20.1 Å². The fraction of sp³-hybridized carbons (Fsp3) is 0.414. The molecule has 0 fully saturated rings. The van der Waals surface area contributed by atoms with Gasteiger partial charge in [0.1, 0.15) is 6.61 Å². The van der Waals surface area contributed by atoms with Gasteiger partial charge in [-0.15, -0.1) is 0 Å². The second-order valence-corrected chi connectivity index (χ2v) is 9.52. The molecule has 7 heteroatoms. The lowest BCUT2D eigenvalue weighted by Gasteiger charge is -2.36. The molecule has 2 aliphatic rings. The molecule has 3 atom stereocenters. The molecule has 2 N–H and O–H groups in total. The summed E-state index contributed by atoms with van der Waals surface area (Å²) in [5.74, 6) is -1.49. The van der Waals surface area contributed by atoms with Gasteiger partial charge in [-0.2, -0.15) is 0 Å². The molecule has 4 rings (SSSR count). The Morgan fingerprint density at radius 2 is 1.67 bits per heavy atom. The number of nitrogens with zero attached hydrogens (tertiary/aromatic N) is 1. The van der Waals surface area contributed by atoms with Crippen molar-refractivity contribution in [1.29, 1.82) is 0 Å². The minimum Gasteiger partial charge on any atom is -0.464 e. The number of rotatable bonds is 5. The van der Waals surface area contributed by atoms with Crippen LogP contribution in [0.15, 0.2) is 66.7 Å². The number of esters is 1. The van der Waals surface area contributed by atoms with E-state index in [-0.39, 0.29) is 55.9 Å². The van der Waals surface area contributed by atoms with Gasteiger partial charge in [0.05, 0.1) is 31.0 Å². The van der Waals surface area contributed by atoms with Gasteiger partial charge in [-0.25, -0.2) is 0 Å². The second-order valence-electron chi connectivity index (χ2n) is 9.52. The summed E-state index contributed by atoms with van der Waals surface area (Å²) in [7, 11) is 0. The third kappa shape index (κ3) is 6.61. The number of allylic oxidation sites excluding steroid dienone is 2. The highest BCUT2D eigenvalue weighted by atomic mass is 16.5. The van der Waals surface area contributed by atoms with Crippen molar-refractivity contribution in [2.75, 3.05) is 19.8 Å². The second kappa shape index (κ2) is 12.5. The topological polar surface area (TPSA) is 95.9 Å². The lowest BCUT2D eigenvalue weighted by Crippen LogP contribution is -2.47. The number of hydrogen-bond donors (Lipinski definition) is 2. The van der Waals surface area contributed by atoms with E-state index in [1.807, 2.05) is 66.7 Å². The Bertz CT molecular complexity index is 1080. The summed E-state index contributed by atoms with van der Waals surface area (Å²) < 4.78 is 5.43. The van der Waals surface area contributed by atoms with Crippen LogP contribution in [0, 0.1) is 11.8 Å². The van der Waals surface area contributed by atoms with Crippen molar-refractivity contribution in [3.05, 3.63) is 83.4 Å². The molecular formula is C29H34N2O5. The van der Waals surface area contributed by atoms with E-state index >= 15 is 0 Å². The van der Waals surface area contributed by atoms with Gasteiger partial charge in [-0.1, -0.05) is 66.7 Å². The molecule has 0 radical (unpaired) electrons. The van der Waals surface area contributed by atoms with Crippen LogP contribution in [0.4, 0.5) is 0 Å². The van der Waals surface area contributed by atoms with Crippen LogP contribution in [0.1, 0.15) is 36.0 Å². The first-order valence-corrected chi connectivity index (χ1v) is 12.7. The SMILES string of the molecule is O=C1NCCOC(=O)[C@H](Cc2ccccc2)CC=CC[C@@H]1CC(=O)N1Cc2ccccc2C[C@H]1CO. The number of carbonyl (C=O) groups excluding carboxylic acids is 3. The third-order valence-electron chi connectivity index (χ3n) is 6.99. The number of cyclic esters (lactones) is 1. The zero-order valence-electron chi connectivity index (χ0n) is 20.5. The van der Waals surface area contributed by atoms with Crippen LogP contribution in [0.2, 0.25) is 0 Å². The minimum atomic E-state index is -0.534. The van der Waals surface area contributed by atoms with Crippen molar-refractivity contribution < 1.29 is 24.2 Å². The average Bonchev–Trinajstić information content (AvgIpc) is 2.90. The van der Waals surface area contributed by atoms with Crippen molar-refractivity contribution in [3.63, 3.8) is 0 Å². The standard InChI is InChI=1S/C29H34N2O5/c32-20-26-17-22-10-4-7-13-25(22)19-31(26)27(33)18-23-11-5-6-12-24(16-21-8-2-1-3-9-21)29(35)36-15-14-30-28(23)34/h1-10,13,23-24,26,32H,11-12,14-20H2,(H,30,34)/t23-,24+,26+/m1/s1. The van der Waals surface area contributed by atoms with E-state index in [2.05, 4.69) is 5.32 Å². The normalized spacial score (nSPS) is 23.0. The van der Waals surface area contributed by atoms with Crippen LogP contribution < -0.4 is 5.32 Å². The molecule has 0 bridgehead atoms. The summed E-state index contributed by atoms with van der Waals surface area (Å²) in [6.07, 6.45) is 5.95. The van der Waals surface area contributed by atoms with Crippen LogP contribution in [0.25, 0.3) is 0 Å². The summed E-state index contributed by atoms with van der Waals surface area (Å²) in [5, 5.41) is 12.7. The Hall–Kier alpha value is -3.45. The van der Waals surface area contributed by atoms with E-state index in [1.165, 1.54) is 0 Å². The number of ether oxygens (including phenoxy) is 1. The number of amides is 2. The Morgan fingerprint density at radius 1 is 0.972 bits per heavy atom. The van der Waals surface area contributed by atoms with Crippen molar-refractivity contribution in [1.82, 2.24) is 10.2 Å². The Morgan fingerprint density at radius 3 is 2.42 bits per heavy atom. The number of hydrogen-bond acceptors (Lipinski definition) is 5. The third-order valence-corrected chi connectivity index (χ3v) is 6.99. The van der Waals surface area contributed by atoms with Crippen molar-refractivity contribution >= 4 is 17.8 Å².